The molecule has 0 unspecified atom stereocenters. The van der Waals surface area contributed by atoms with E-state index in [0.717, 1.165) is 40.7 Å². The smallest absolute Gasteiger partial charge is 0.166 e. The maximum absolute atomic E-state index is 6.53. The Labute approximate surface area is 126 Å². The summed E-state index contributed by atoms with van der Waals surface area (Å²) in [6, 6.07) is 6.02. The van der Waals surface area contributed by atoms with Crippen LogP contribution in [0.25, 0.3) is 0 Å². The van der Waals surface area contributed by atoms with Crippen LogP contribution in [0, 0.1) is 23.7 Å². The molecule has 2 N–H and O–H groups in total. The van der Waals surface area contributed by atoms with Gasteiger partial charge in [-0.15, -0.1) is 0 Å². The molecule has 4 aliphatic carbocycles. The third-order valence-corrected chi connectivity index (χ3v) is 5.89. The molecule has 4 bridgehead atoms. The number of hydrogen-bond acceptors (Lipinski definition) is 3. The zero-order valence-corrected chi connectivity index (χ0v) is 12.8. The van der Waals surface area contributed by atoms with Crippen molar-refractivity contribution in [1.82, 2.24) is 0 Å². The molecule has 0 aliphatic heterocycles. The molecule has 3 nitrogen and oxygen atoms in total. The van der Waals surface area contributed by atoms with E-state index in [1.165, 1.54) is 32.1 Å². The topological polar surface area (TPSA) is 44.5 Å². The van der Waals surface area contributed by atoms with Gasteiger partial charge in [0, 0.05) is 12.1 Å². The lowest BCUT2D eigenvalue weighted by Gasteiger charge is -2.53. The highest BCUT2D eigenvalue weighted by Gasteiger charge is 2.49. The van der Waals surface area contributed by atoms with Crippen LogP contribution in [0.2, 0.25) is 0 Å². The largest absolute Gasteiger partial charge is 0.493 e. The molecule has 4 fully saturated rings. The van der Waals surface area contributed by atoms with Gasteiger partial charge in [-0.25, -0.2) is 0 Å². The summed E-state index contributed by atoms with van der Waals surface area (Å²) < 4.78 is 12.0. The Morgan fingerprint density at radius 3 is 2.29 bits per heavy atom. The third kappa shape index (κ3) is 2.22. The van der Waals surface area contributed by atoms with Crippen LogP contribution in [0.3, 0.4) is 0 Å². The quantitative estimate of drug-likeness (QED) is 0.923. The van der Waals surface area contributed by atoms with Gasteiger partial charge in [0.15, 0.2) is 11.5 Å². The Hall–Kier alpha value is -1.22. The first-order valence-electron chi connectivity index (χ1n) is 8.31. The minimum absolute atomic E-state index is 0.374. The van der Waals surface area contributed by atoms with Crippen LogP contribution in [-0.2, 0) is 6.54 Å². The summed E-state index contributed by atoms with van der Waals surface area (Å²) in [5, 5.41) is 0. The third-order valence-electron chi connectivity index (χ3n) is 5.89. The predicted molar refractivity (Wildman–Crippen MR) is 82.3 cm³/mol. The van der Waals surface area contributed by atoms with E-state index in [0.29, 0.717) is 12.6 Å². The van der Waals surface area contributed by atoms with Crippen molar-refractivity contribution in [2.75, 3.05) is 7.11 Å². The number of methoxy groups -OCH3 is 1. The normalized spacial score (nSPS) is 36.8. The molecular weight excluding hydrogens is 262 g/mol. The minimum atomic E-state index is 0.374. The van der Waals surface area contributed by atoms with Gasteiger partial charge in [-0.3, -0.25) is 0 Å². The molecule has 0 saturated heterocycles. The van der Waals surface area contributed by atoms with Gasteiger partial charge in [-0.05, 0) is 61.8 Å². The number of nitrogens with two attached hydrogens (primary N) is 1. The summed E-state index contributed by atoms with van der Waals surface area (Å²) in [7, 11) is 1.71. The second-order valence-corrected chi connectivity index (χ2v) is 7.17. The van der Waals surface area contributed by atoms with Crippen molar-refractivity contribution in [1.29, 1.82) is 0 Å². The van der Waals surface area contributed by atoms with E-state index in [-0.39, 0.29) is 0 Å². The molecule has 0 amide bonds. The standard InChI is InChI=1S/C18H25NO2/c1-20-16-4-2-3-13(10-19)18(16)21-17-14-6-11-5-12(8-14)9-15(17)7-11/h2-4,11-12,14-15,17H,5-10,19H2,1H3. The van der Waals surface area contributed by atoms with Crippen LogP contribution in [0.15, 0.2) is 18.2 Å². The summed E-state index contributed by atoms with van der Waals surface area (Å²) in [4.78, 5) is 0. The summed E-state index contributed by atoms with van der Waals surface area (Å²) in [6.45, 7) is 0.500. The molecule has 0 heterocycles. The number of para-hydroxylation sites is 1. The van der Waals surface area contributed by atoms with Crippen LogP contribution in [0.1, 0.15) is 37.7 Å². The van der Waals surface area contributed by atoms with Crippen molar-refractivity contribution in [3.05, 3.63) is 23.8 Å². The van der Waals surface area contributed by atoms with E-state index >= 15 is 0 Å². The van der Waals surface area contributed by atoms with Crippen LogP contribution >= 0.6 is 0 Å². The Kier molecular flexibility index (Phi) is 3.33. The first-order chi connectivity index (χ1) is 10.3. The van der Waals surface area contributed by atoms with Crippen molar-refractivity contribution < 1.29 is 9.47 Å². The Morgan fingerprint density at radius 2 is 1.71 bits per heavy atom. The van der Waals surface area contributed by atoms with Gasteiger partial charge in [-0.2, -0.15) is 0 Å². The maximum atomic E-state index is 6.53. The van der Waals surface area contributed by atoms with Crippen molar-refractivity contribution in [3.8, 4) is 11.5 Å². The first kappa shape index (κ1) is 13.4. The highest BCUT2D eigenvalue weighted by atomic mass is 16.5. The van der Waals surface area contributed by atoms with Gasteiger partial charge in [0.1, 0.15) is 6.10 Å². The molecule has 4 aliphatic rings. The van der Waals surface area contributed by atoms with Crippen molar-refractivity contribution in [2.45, 2.75) is 44.8 Å². The number of ether oxygens (including phenoxy) is 2. The minimum Gasteiger partial charge on any atom is -0.493 e. The summed E-state index contributed by atoms with van der Waals surface area (Å²) >= 11 is 0. The molecule has 4 saturated carbocycles. The summed E-state index contributed by atoms with van der Waals surface area (Å²) in [5.41, 5.74) is 6.95. The second kappa shape index (κ2) is 5.20. The van der Waals surface area contributed by atoms with E-state index in [9.17, 15) is 0 Å². The van der Waals surface area contributed by atoms with E-state index in [1.54, 1.807) is 7.11 Å². The fourth-order valence-corrected chi connectivity index (χ4v) is 5.22. The fraction of sp³-hybridized carbons (Fsp3) is 0.667. The number of hydrogen-bond donors (Lipinski definition) is 1. The average molecular weight is 287 g/mol. The molecule has 114 valence electrons. The summed E-state index contributed by atoms with van der Waals surface area (Å²) in [5.74, 6) is 5.15. The highest BCUT2D eigenvalue weighted by molar-refractivity contribution is 5.46. The second-order valence-electron chi connectivity index (χ2n) is 7.17. The molecule has 3 heteroatoms. The lowest BCUT2D eigenvalue weighted by molar-refractivity contribution is -0.0798. The molecule has 0 radical (unpaired) electrons. The van der Waals surface area contributed by atoms with Gasteiger partial charge in [-0.1, -0.05) is 12.1 Å². The maximum Gasteiger partial charge on any atom is 0.166 e. The fourth-order valence-electron chi connectivity index (χ4n) is 5.22. The van der Waals surface area contributed by atoms with Gasteiger partial charge in [0.25, 0.3) is 0 Å². The van der Waals surface area contributed by atoms with Crippen molar-refractivity contribution in [2.24, 2.45) is 29.4 Å². The van der Waals surface area contributed by atoms with E-state index < -0.39 is 0 Å². The molecule has 1 aromatic carbocycles. The van der Waals surface area contributed by atoms with Crippen molar-refractivity contribution in [3.63, 3.8) is 0 Å². The van der Waals surface area contributed by atoms with Crippen LogP contribution in [-0.4, -0.2) is 13.2 Å². The zero-order chi connectivity index (χ0) is 14.4. The highest BCUT2D eigenvalue weighted by Crippen LogP contribution is 2.55. The Balaban J connectivity index is 1.61. The zero-order valence-electron chi connectivity index (χ0n) is 12.8. The SMILES string of the molecule is COc1cccc(CN)c1OC1C2CC3CC(C2)CC1C3. The van der Waals surface area contributed by atoms with Crippen LogP contribution in [0.5, 0.6) is 11.5 Å². The molecule has 0 atom stereocenters. The molecule has 21 heavy (non-hydrogen) atoms. The molecular formula is C18H25NO2. The first-order valence-corrected chi connectivity index (χ1v) is 8.31. The lowest BCUT2D eigenvalue weighted by Crippen LogP contribution is -2.50. The molecule has 5 rings (SSSR count). The van der Waals surface area contributed by atoms with Crippen LogP contribution in [0.4, 0.5) is 0 Å². The molecule has 1 aromatic rings. The van der Waals surface area contributed by atoms with Gasteiger partial charge in [0.05, 0.1) is 7.11 Å². The van der Waals surface area contributed by atoms with E-state index in [1.807, 2.05) is 18.2 Å². The Morgan fingerprint density at radius 1 is 1.05 bits per heavy atom. The number of rotatable bonds is 4. The van der Waals surface area contributed by atoms with Gasteiger partial charge < -0.3 is 15.2 Å². The Bertz CT molecular complexity index is 478. The molecule has 0 spiro atoms. The monoisotopic (exact) mass is 287 g/mol. The summed E-state index contributed by atoms with van der Waals surface area (Å²) in [6.07, 6.45) is 7.31. The van der Waals surface area contributed by atoms with Gasteiger partial charge >= 0.3 is 0 Å². The van der Waals surface area contributed by atoms with E-state index in [2.05, 4.69) is 0 Å². The van der Waals surface area contributed by atoms with Crippen molar-refractivity contribution >= 4 is 0 Å². The lowest BCUT2D eigenvalue weighted by atomic mass is 9.55. The van der Waals surface area contributed by atoms with Crippen LogP contribution < -0.4 is 15.2 Å². The van der Waals surface area contributed by atoms with Gasteiger partial charge in [0.2, 0.25) is 0 Å². The average Bonchev–Trinajstić information content (AvgIpc) is 2.50. The molecule has 0 aromatic heterocycles. The van der Waals surface area contributed by atoms with E-state index in [4.69, 9.17) is 15.2 Å². The number of benzene rings is 1. The predicted octanol–water partition coefficient (Wildman–Crippen LogP) is 3.36.